The quantitative estimate of drug-likeness (QED) is 0.840. The van der Waals surface area contributed by atoms with Gasteiger partial charge >= 0.3 is 0 Å². The Labute approximate surface area is 119 Å². The van der Waals surface area contributed by atoms with Gasteiger partial charge in [0.25, 0.3) is 0 Å². The summed E-state index contributed by atoms with van der Waals surface area (Å²) in [5.41, 5.74) is 2.49. The predicted molar refractivity (Wildman–Crippen MR) is 78.0 cm³/mol. The Kier molecular flexibility index (Phi) is 4.14. The van der Waals surface area contributed by atoms with Crippen LogP contribution in [0.25, 0.3) is 0 Å². The van der Waals surface area contributed by atoms with Gasteiger partial charge in [-0.1, -0.05) is 6.07 Å². The molecule has 0 atom stereocenters. The molecule has 106 valence electrons. The first-order chi connectivity index (χ1) is 9.81. The van der Waals surface area contributed by atoms with Gasteiger partial charge in [0.1, 0.15) is 5.76 Å². The van der Waals surface area contributed by atoms with E-state index in [1.165, 1.54) is 24.0 Å². The van der Waals surface area contributed by atoms with E-state index < -0.39 is 0 Å². The second kappa shape index (κ2) is 6.20. The van der Waals surface area contributed by atoms with Gasteiger partial charge in [-0.15, -0.1) is 0 Å². The fourth-order valence-corrected chi connectivity index (χ4v) is 2.31. The van der Waals surface area contributed by atoms with Crippen LogP contribution in [0.1, 0.15) is 29.7 Å². The Morgan fingerprint density at radius 3 is 3.00 bits per heavy atom. The van der Waals surface area contributed by atoms with Crippen LogP contribution in [-0.4, -0.2) is 23.0 Å². The van der Waals surface area contributed by atoms with Gasteiger partial charge in [-0.2, -0.15) is 0 Å². The SMILES string of the molecule is CN(Cc1cccnc1)Cc1occc1CNC1CC1. The van der Waals surface area contributed by atoms with Crippen LogP contribution in [0.2, 0.25) is 0 Å². The minimum atomic E-state index is 0.728. The van der Waals surface area contributed by atoms with E-state index in [2.05, 4.69) is 34.4 Å². The molecule has 2 aromatic heterocycles. The lowest BCUT2D eigenvalue weighted by Crippen LogP contribution is -2.20. The zero-order chi connectivity index (χ0) is 13.8. The standard InChI is InChI=1S/C16H21N3O/c1-19(11-13-3-2-7-17-9-13)12-16-14(6-8-20-16)10-18-15-4-5-15/h2-3,6-9,15,18H,4-5,10-12H2,1H3. The number of aromatic nitrogens is 1. The van der Waals surface area contributed by atoms with Crippen molar-refractivity contribution in [3.05, 3.63) is 53.7 Å². The zero-order valence-corrected chi connectivity index (χ0v) is 11.9. The van der Waals surface area contributed by atoms with E-state index in [0.29, 0.717) is 0 Å². The van der Waals surface area contributed by atoms with E-state index >= 15 is 0 Å². The number of nitrogens with one attached hydrogen (secondary N) is 1. The first-order valence-corrected chi connectivity index (χ1v) is 7.17. The molecule has 4 heteroatoms. The van der Waals surface area contributed by atoms with Gasteiger partial charge in [-0.3, -0.25) is 9.88 Å². The number of rotatable bonds is 7. The minimum Gasteiger partial charge on any atom is -0.468 e. The lowest BCUT2D eigenvalue weighted by Gasteiger charge is -2.16. The van der Waals surface area contributed by atoms with Gasteiger partial charge in [-0.05, 0) is 37.6 Å². The summed E-state index contributed by atoms with van der Waals surface area (Å²) in [5, 5.41) is 3.53. The van der Waals surface area contributed by atoms with E-state index in [1.807, 2.05) is 12.3 Å². The summed E-state index contributed by atoms with van der Waals surface area (Å²) >= 11 is 0. The molecular weight excluding hydrogens is 250 g/mol. The van der Waals surface area contributed by atoms with Crippen molar-refractivity contribution in [1.82, 2.24) is 15.2 Å². The molecule has 1 N–H and O–H groups in total. The van der Waals surface area contributed by atoms with Crippen molar-refractivity contribution in [2.24, 2.45) is 0 Å². The molecule has 3 rings (SSSR count). The summed E-state index contributed by atoms with van der Waals surface area (Å²) in [4.78, 5) is 6.39. The van der Waals surface area contributed by atoms with E-state index in [4.69, 9.17) is 4.42 Å². The van der Waals surface area contributed by atoms with Crippen molar-refractivity contribution in [2.45, 2.75) is 38.5 Å². The highest BCUT2D eigenvalue weighted by atomic mass is 16.3. The Morgan fingerprint density at radius 2 is 2.25 bits per heavy atom. The van der Waals surface area contributed by atoms with E-state index in [9.17, 15) is 0 Å². The topological polar surface area (TPSA) is 41.3 Å². The largest absolute Gasteiger partial charge is 0.468 e. The van der Waals surface area contributed by atoms with Gasteiger partial charge in [0, 0.05) is 37.1 Å². The van der Waals surface area contributed by atoms with E-state index in [0.717, 1.165) is 31.4 Å². The maximum atomic E-state index is 5.63. The van der Waals surface area contributed by atoms with Gasteiger partial charge in [0.15, 0.2) is 0 Å². The van der Waals surface area contributed by atoms with Crippen LogP contribution in [0.5, 0.6) is 0 Å². The Morgan fingerprint density at radius 1 is 1.35 bits per heavy atom. The van der Waals surface area contributed by atoms with Crippen molar-refractivity contribution in [3.63, 3.8) is 0 Å². The number of nitrogens with zero attached hydrogens (tertiary/aromatic N) is 2. The molecule has 0 spiro atoms. The van der Waals surface area contributed by atoms with Gasteiger partial charge in [-0.25, -0.2) is 0 Å². The zero-order valence-electron chi connectivity index (χ0n) is 11.9. The highest BCUT2D eigenvalue weighted by Crippen LogP contribution is 2.21. The van der Waals surface area contributed by atoms with E-state index in [-0.39, 0.29) is 0 Å². The average Bonchev–Trinajstić information content (AvgIpc) is 3.18. The van der Waals surface area contributed by atoms with Crippen LogP contribution in [0, 0.1) is 0 Å². The van der Waals surface area contributed by atoms with Gasteiger partial charge in [0.05, 0.1) is 12.8 Å². The van der Waals surface area contributed by atoms with Crippen LogP contribution in [0.15, 0.2) is 41.3 Å². The maximum Gasteiger partial charge on any atom is 0.122 e. The molecule has 20 heavy (non-hydrogen) atoms. The van der Waals surface area contributed by atoms with Crippen molar-refractivity contribution >= 4 is 0 Å². The van der Waals surface area contributed by atoms with Gasteiger partial charge in [0.2, 0.25) is 0 Å². The summed E-state index contributed by atoms with van der Waals surface area (Å²) in [6.07, 6.45) is 8.13. The first-order valence-electron chi connectivity index (χ1n) is 7.17. The Hall–Kier alpha value is -1.65. The summed E-state index contributed by atoms with van der Waals surface area (Å²) in [7, 11) is 2.10. The normalized spacial score (nSPS) is 14.9. The fourth-order valence-electron chi connectivity index (χ4n) is 2.31. The lowest BCUT2D eigenvalue weighted by molar-refractivity contribution is 0.285. The number of hydrogen-bond donors (Lipinski definition) is 1. The molecule has 2 heterocycles. The molecule has 0 unspecified atom stereocenters. The fraction of sp³-hybridized carbons (Fsp3) is 0.438. The molecule has 1 aliphatic rings. The third-order valence-electron chi connectivity index (χ3n) is 3.59. The van der Waals surface area contributed by atoms with Crippen LogP contribution in [0.3, 0.4) is 0 Å². The molecule has 4 nitrogen and oxygen atoms in total. The Bertz CT molecular complexity index is 534. The molecule has 1 aliphatic carbocycles. The number of furan rings is 1. The molecule has 0 aromatic carbocycles. The smallest absolute Gasteiger partial charge is 0.122 e. The van der Waals surface area contributed by atoms with Crippen LogP contribution in [0.4, 0.5) is 0 Å². The second-order valence-corrected chi connectivity index (χ2v) is 5.56. The second-order valence-electron chi connectivity index (χ2n) is 5.56. The summed E-state index contributed by atoms with van der Waals surface area (Å²) in [6.45, 7) is 2.62. The number of pyridine rings is 1. The van der Waals surface area contributed by atoms with Crippen molar-refractivity contribution < 1.29 is 4.42 Å². The predicted octanol–water partition coefficient (Wildman–Crippen LogP) is 2.56. The third kappa shape index (κ3) is 3.68. The Balaban J connectivity index is 1.55. The molecule has 1 fully saturated rings. The molecule has 0 saturated heterocycles. The molecular formula is C16H21N3O. The maximum absolute atomic E-state index is 5.63. The van der Waals surface area contributed by atoms with E-state index in [1.54, 1.807) is 12.5 Å². The van der Waals surface area contributed by atoms with Crippen LogP contribution in [-0.2, 0) is 19.6 Å². The minimum absolute atomic E-state index is 0.728. The molecule has 0 radical (unpaired) electrons. The van der Waals surface area contributed by atoms with Gasteiger partial charge < -0.3 is 9.73 Å². The van der Waals surface area contributed by atoms with Crippen LogP contribution >= 0.6 is 0 Å². The van der Waals surface area contributed by atoms with Crippen molar-refractivity contribution in [1.29, 1.82) is 0 Å². The molecule has 0 amide bonds. The van der Waals surface area contributed by atoms with Crippen molar-refractivity contribution in [3.8, 4) is 0 Å². The average molecular weight is 271 g/mol. The summed E-state index contributed by atoms with van der Waals surface area (Å²) < 4.78 is 5.63. The highest BCUT2D eigenvalue weighted by molar-refractivity contribution is 5.17. The molecule has 2 aromatic rings. The third-order valence-corrected chi connectivity index (χ3v) is 3.59. The van der Waals surface area contributed by atoms with Crippen molar-refractivity contribution in [2.75, 3.05) is 7.05 Å². The molecule has 0 aliphatic heterocycles. The summed E-state index contributed by atoms with van der Waals surface area (Å²) in [5.74, 6) is 1.06. The first kappa shape index (κ1) is 13.3. The molecule has 0 bridgehead atoms. The summed E-state index contributed by atoms with van der Waals surface area (Å²) in [6, 6.07) is 6.87. The monoisotopic (exact) mass is 271 g/mol. The number of hydrogen-bond acceptors (Lipinski definition) is 4. The lowest BCUT2D eigenvalue weighted by atomic mass is 10.2. The molecule has 1 saturated carbocycles. The van der Waals surface area contributed by atoms with Crippen LogP contribution < -0.4 is 5.32 Å². The highest BCUT2D eigenvalue weighted by Gasteiger charge is 2.21.